The second kappa shape index (κ2) is 4.78. The molecular formula is C12H20N4. The van der Waals surface area contributed by atoms with Crippen LogP contribution in [0.25, 0.3) is 0 Å². The zero-order valence-electron chi connectivity index (χ0n) is 10.1. The van der Waals surface area contributed by atoms with E-state index in [1.807, 2.05) is 6.07 Å². The first-order valence-corrected chi connectivity index (χ1v) is 5.99. The Morgan fingerprint density at radius 2 is 2.25 bits per heavy atom. The summed E-state index contributed by atoms with van der Waals surface area (Å²) in [5, 5.41) is 8.22. The lowest BCUT2D eigenvalue weighted by molar-refractivity contribution is 0.628. The molecule has 0 amide bonds. The summed E-state index contributed by atoms with van der Waals surface area (Å²) in [6, 6.07) is 2.41. The van der Waals surface area contributed by atoms with Crippen molar-refractivity contribution in [1.82, 2.24) is 10.2 Å². The minimum Gasteiger partial charge on any atom is -0.352 e. The highest BCUT2D eigenvalue weighted by Crippen LogP contribution is 2.32. The van der Waals surface area contributed by atoms with Crippen LogP contribution in [0.5, 0.6) is 0 Å². The van der Waals surface area contributed by atoms with Crippen LogP contribution >= 0.6 is 0 Å². The highest BCUT2D eigenvalue weighted by molar-refractivity contribution is 5.46. The average Bonchev–Trinajstić information content (AvgIpc) is 3.09. The maximum absolute atomic E-state index is 5.74. The third-order valence-corrected chi connectivity index (χ3v) is 3.05. The molecule has 1 aromatic rings. The van der Waals surface area contributed by atoms with E-state index in [0.717, 1.165) is 23.8 Å². The van der Waals surface area contributed by atoms with Crippen LogP contribution < -0.4 is 10.6 Å². The van der Waals surface area contributed by atoms with E-state index in [9.17, 15) is 0 Å². The maximum atomic E-state index is 5.74. The fraction of sp³-hybridized carbons (Fsp3) is 0.667. The number of anilines is 1. The molecule has 0 aliphatic heterocycles. The van der Waals surface area contributed by atoms with Gasteiger partial charge in [0.25, 0.3) is 0 Å². The molecule has 0 aromatic carbocycles. The van der Waals surface area contributed by atoms with Crippen molar-refractivity contribution in [2.75, 3.05) is 11.4 Å². The maximum Gasteiger partial charge on any atom is 0.156 e. The van der Waals surface area contributed by atoms with Gasteiger partial charge in [-0.05, 0) is 38.7 Å². The Morgan fingerprint density at radius 1 is 1.50 bits per heavy atom. The lowest BCUT2D eigenvalue weighted by Gasteiger charge is -2.28. The predicted molar refractivity (Wildman–Crippen MR) is 65.1 cm³/mol. The van der Waals surface area contributed by atoms with E-state index < -0.39 is 0 Å². The van der Waals surface area contributed by atoms with E-state index in [1.54, 1.807) is 6.20 Å². The van der Waals surface area contributed by atoms with Crippen molar-refractivity contribution in [3.05, 3.63) is 17.8 Å². The van der Waals surface area contributed by atoms with Gasteiger partial charge in [-0.15, -0.1) is 5.10 Å². The zero-order chi connectivity index (χ0) is 11.5. The summed E-state index contributed by atoms with van der Waals surface area (Å²) in [5.74, 6) is 1.81. The van der Waals surface area contributed by atoms with Crippen LogP contribution in [0.15, 0.2) is 12.3 Å². The van der Waals surface area contributed by atoms with Gasteiger partial charge in [0.2, 0.25) is 0 Å². The molecule has 2 N–H and O–H groups in total. The van der Waals surface area contributed by atoms with Crippen molar-refractivity contribution in [2.45, 2.75) is 39.3 Å². The number of hydrogen-bond donors (Lipinski definition) is 1. The molecule has 1 saturated carbocycles. The van der Waals surface area contributed by atoms with Crippen LogP contribution in [0.2, 0.25) is 0 Å². The Bertz CT molecular complexity index is 347. The number of aromatic nitrogens is 2. The van der Waals surface area contributed by atoms with Gasteiger partial charge in [0.1, 0.15) is 0 Å². The minimum atomic E-state index is 0.447. The molecule has 1 fully saturated rings. The molecule has 0 radical (unpaired) electrons. The van der Waals surface area contributed by atoms with Gasteiger partial charge < -0.3 is 10.6 Å². The predicted octanol–water partition coefficient (Wildman–Crippen LogP) is 1.56. The van der Waals surface area contributed by atoms with E-state index in [0.29, 0.717) is 12.6 Å². The Morgan fingerprint density at radius 3 is 2.81 bits per heavy atom. The molecule has 4 heteroatoms. The topological polar surface area (TPSA) is 55.0 Å². The van der Waals surface area contributed by atoms with Crippen molar-refractivity contribution in [3.63, 3.8) is 0 Å². The van der Waals surface area contributed by atoms with Gasteiger partial charge in [-0.1, -0.05) is 0 Å². The largest absolute Gasteiger partial charge is 0.352 e. The number of nitrogens with zero attached hydrogens (tertiary/aromatic N) is 3. The van der Waals surface area contributed by atoms with Crippen LogP contribution in [-0.2, 0) is 6.54 Å². The lowest BCUT2D eigenvalue weighted by atomic mass is 10.2. The molecule has 0 atom stereocenters. The van der Waals surface area contributed by atoms with Crippen molar-refractivity contribution in [1.29, 1.82) is 0 Å². The molecule has 1 aromatic heterocycles. The van der Waals surface area contributed by atoms with Gasteiger partial charge in [0.05, 0.1) is 6.20 Å². The number of rotatable bonds is 5. The van der Waals surface area contributed by atoms with Crippen molar-refractivity contribution >= 4 is 5.82 Å². The monoisotopic (exact) mass is 220 g/mol. The Kier molecular flexibility index (Phi) is 3.39. The van der Waals surface area contributed by atoms with Gasteiger partial charge in [0.15, 0.2) is 5.82 Å². The molecule has 0 saturated heterocycles. The van der Waals surface area contributed by atoms with Gasteiger partial charge in [-0.3, -0.25) is 0 Å². The summed E-state index contributed by atoms with van der Waals surface area (Å²) >= 11 is 0. The number of nitrogens with two attached hydrogens (primary N) is 1. The third kappa shape index (κ3) is 2.50. The first-order valence-electron chi connectivity index (χ1n) is 5.99. The van der Waals surface area contributed by atoms with Crippen LogP contribution in [0.4, 0.5) is 5.82 Å². The second-order valence-electron chi connectivity index (χ2n) is 4.77. The first kappa shape index (κ1) is 11.3. The molecule has 88 valence electrons. The van der Waals surface area contributed by atoms with Crippen molar-refractivity contribution in [3.8, 4) is 0 Å². The molecule has 2 rings (SSSR count). The van der Waals surface area contributed by atoms with E-state index in [2.05, 4.69) is 28.9 Å². The van der Waals surface area contributed by atoms with E-state index in [-0.39, 0.29) is 0 Å². The second-order valence-corrected chi connectivity index (χ2v) is 4.77. The molecule has 0 bridgehead atoms. The fourth-order valence-corrected chi connectivity index (χ4v) is 1.87. The summed E-state index contributed by atoms with van der Waals surface area (Å²) in [6.45, 7) is 6.00. The summed E-state index contributed by atoms with van der Waals surface area (Å²) < 4.78 is 0. The summed E-state index contributed by atoms with van der Waals surface area (Å²) in [7, 11) is 0. The summed E-state index contributed by atoms with van der Waals surface area (Å²) in [4.78, 5) is 2.33. The molecule has 16 heavy (non-hydrogen) atoms. The Hall–Kier alpha value is -1.16. The normalized spacial score (nSPS) is 15.5. The third-order valence-electron chi connectivity index (χ3n) is 3.05. The van der Waals surface area contributed by atoms with Crippen LogP contribution in [0.1, 0.15) is 32.3 Å². The molecule has 0 spiro atoms. The number of hydrogen-bond acceptors (Lipinski definition) is 4. The van der Waals surface area contributed by atoms with Crippen molar-refractivity contribution in [2.24, 2.45) is 11.7 Å². The van der Waals surface area contributed by atoms with Gasteiger partial charge >= 0.3 is 0 Å². The van der Waals surface area contributed by atoms with Crippen LogP contribution in [0, 0.1) is 5.92 Å². The molecular weight excluding hydrogens is 200 g/mol. The first-order chi connectivity index (χ1) is 7.72. The lowest BCUT2D eigenvalue weighted by Crippen LogP contribution is -2.34. The molecule has 1 heterocycles. The smallest absolute Gasteiger partial charge is 0.156 e. The summed E-state index contributed by atoms with van der Waals surface area (Å²) in [6.07, 6.45) is 4.41. The highest BCUT2D eigenvalue weighted by atomic mass is 15.3. The van der Waals surface area contributed by atoms with Crippen LogP contribution in [-0.4, -0.2) is 22.8 Å². The fourth-order valence-electron chi connectivity index (χ4n) is 1.87. The molecule has 0 unspecified atom stereocenters. The van der Waals surface area contributed by atoms with E-state index >= 15 is 0 Å². The van der Waals surface area contributed by atoms with Gasteiger partial charge in [-0.25, -0.2) is 0 Å². The van der Waals surface area contributed by atoms with Gasteiger partial charge in [-0.2, -0.15) is 5.10 Å². The minimum absolute atomic E-state index is 0.447. The quantitative estimate of drug-likeness (QED) is 0.818. The molecule has 1 aliphatic carbocycles. The Balaban J connectivity index is 2.22. The standard InChI is InChI=1S/C12H20N4/c1-9(2)16(8-10-3-4-10)12-11(7-13)5-6-14-15-12/h5-6,9-10H,3-4,7-8,13H2,1-2H3. The van der Waals surface area contributed by atoms with Crippen molar-refractivity contribution < 1.29 is 0 Å². The molecule has 4 nitrogen and oxygen atoms in total. The molecule has 1 aliphatic rings. The highest BCUT2D eigenvalue weighted by Gasteiger charge is 2.27. The van der Waals surface area contributed by atoms with Crippen LogP contribution in [0.3, 0.4) is 0 Å². The summed E-state index contributed by atoms with van der Waals surface area (Å²) in [5.41, 5.74) is 6.83. The van der Waals surface area contributed by atoms with Gasteiger partial charge in [0, 0.05) is 24.7 Å². The SMILES string of the molecule is CC(C)N(CC1CC1)c1nnccc1CN. The Labute approximate surface area is 96.9 Å². The average molecular weight is 220 g/mol. The van der Waals surface area contributed by atoms with E-state index in [1.165, 1.54) is 12.8 Å². The zero-order valence-corrected chi connectivity index (χ0v) is 10.1. The van der Waals surface area contributed by atoms with E-state index in [4.69, 9.17) is 5.73 Å².